The highest BCUT2D eigenvalue weighted by molar-refractivity contribution is 7.80. The van der Waals surface area contributed by atoms with Crippen LogP contribution in [0.5, 0.6) is 0 Å². The molecule has 0 amide bonds. The predicted molar refractivity (Wildman–Crippen MR) is 115 cm³/mol. The molecule has 27 heavy (non-hydrogen) atoms. The number of carbonyl (C=O) groups is 1. The standard InChI is InChI=1S/C21H30N2O2S2/c1-4-16-12(2)27-18(17(16)19(24)25-3)23-20(26)22-11-21-8-13-5-14(9-21)7-15(6-13)10-21/h13-15H,4-11H2,1-3H3,(H2,22,23,26). The number of anilines is 1. The van der Waals surface area contributed by atoms with Gasteiger partial charge in [0.15, 0.2) is 5.11 Å². The lowest BCUT2D eigenvalue weighted by molar-refractivity contribution is -0.0490. The van der Waals surface area contributed by atoms with E-state index in [0.29, 0.717) is 16.1 Å². The Balaban J connectivity index is 1.42. The van der Waals surface area contributed by atoms with Crippen LogP contribution in [0.15, 0.2) is 0 Å². The number of hydrogen-bond donors (Lipinski definition) is 2. The number of thiocarbonyl (C=S) groups is 1. The zero-order valence-corrected chi connectivity index (χ0v) is 18.2. The van der Waals surface area contributed by atoms with Crippen LogP contribution in [0.4, 0.5) is 5.00 Å². The summed E-state index contributed by atoms with van der Waals surface area (Å²) in [5, 5.41) is 8.22. The van der Waals surface area contributed by atoms with Gasteiger partial charge in [-0.3, -0.25) is 0 Å². The van der Waals surface area contributed by atoms with Gasteiger partial charge < -0.3 is 15.4 Å². The quantitative estimate of drug-likeness (QED) is 0.538. The first-order valence-electron chi connectivity index (χ1n) is 10.2. The van der Waals surface area contributed by atoms with Crippen molar-refractivity contribution in [1.29, 1.82) is 0 Å². The number of hydrogen-bond acceptors (Lipinski definition) is 4. The van der Waals surface area contributed by atoms with Crippen molar-refractivity contribution in [3.05, 3.63) is 16.0 Å². The molecule has 0 aromatic carbocycles. The smallest absolute Gasteiger partial charge is 0.341 e. The number of methoxy groups -OCH3 is 1. The minimum absolute atomic E-state index is 0.289. The van der Waals surface area contributed by atoms with Crippen LogP contribution in [0.2, 0.25) is 0 Å². The molecule has 5 rings (SSSR count). The highest BCUT2D eigenvalue weighted by Crippen LogP contribution is 2.59. The molecule has 1 aromatic heterocycles. The van der Waals surface area contributed by atoms with Gasteiger partial charge in [-0.15, -0.1) is 11.3 Å². The van der Waals surface area contributed by atoms with Crippen LogP contribution in [0.25, 0.3) is 0 Å². The minimum atomic E-state index is -0.289. The van der Waals surface area contributed by atoms with Gasteiger partial charge >= 0.3 is 5.97 Å². The topological polar surface area (TPSA) is 50.4 Å². The molecule has 1 aromatic rings. The third-order valence-electron chi connectivity index (χ3n) is 6.97. The summed E-state index contributed by atoms with van der Waals surface area (Å²) in [5.74, 6) is 2.54. The molecule has 4 aliphatic carbocycles. The largest absolute Gasteiger partial charge is 0.465 e. The first-order chi connectivity index (χ1) is 12.9. The second kappa shape index (κ2) is 7.36. The number of esters is 1. The van der Waals surface area contributed by atoms with Gasteiger partial charge in [0.05, 0.1) is 12.7 Å². The number of aryl methyl sites for hydroxylation is 1. The second-order valence-corrected chi connectivity index (χ2v) is 10.5. The zero-order chi connectivity index (χ0) is 19.2. The van der Waals surface area contributed by atoms with Crippen LogP contribution >= 0.6 is 23.6 Å². The van der Waals surface area contributed by atoms with E-state index in [1.54, 1.807) is 11.3 Å². The summed E-state index contributed by atoms with van der Waals surface area (Å²) < 4.78 is 5.00. The summed E-state index contributed by atoms with van der Waals surface area (Å²) in [7, 11) is 1.43. The molecule has 4 saturated carbocycles. The summed E-state index contributed by atoms with van der Waals surface area (Å²) in [6, 6.07) is 0. The van der Waals surface area contributed by atoms with E-state index in [4.69, 9.17) is 17.0 Å². The first-order valence-corrected chi connectivity index (χ1v) is 11.4. The Hall–Kier alpha value is -1.14. The lowest BCUT2D eigenvalue weighted by Gasteiger charge is -2.57. The molecule has 4 nitrogen and oxygen atoms in total. The maximum Gasteiger partial charge on any atom is 0.341 e. The fourth-order valence-electron chi connectivity index (χ4n) is 6.33. The van der Waals surface area contributed by atoms with E-state index in [0.717, 1.165) is 46.2 Å². The van der Waals surface area contributed by atoms with Crippen molar-refractivity contribution in [1.82, 2.24) is 5.32 Å². The Labute approximate surface area is 171 Å². The molecule has 4 fully saturated rings. The Bertz CT molecular complexity index is 720. The third kappa shape index (κ3) is 3.63. The number of thiophene rings is 1. The molecule has 2 N–H and O–H groups in total. The molecule has 0 spiro atoms. The molecule has 0 saturated heterocycles. The Morgan fingerprint density at radius 1 is 1.22 bits per heavy atom. The van der Waals surface area contributed by atoms with E-state index in [9.17, 15) is 4.79 Å². The van der Waals surface area contributed by atoms with Crippen molar-refractivity contribution >= 4 is 39.6 Å². The normalized spacial score (nSPS) is 31.0. The SMILES string of the molecule is CCc1c(C)sc(NC(=S)NCC23CC4CC(CC(C4)C2)C3)c1C(=O)OC. The maximum atomic E-state index is 12.3. The van der Waals surface area contributed by atoms with E-state index in [1.807, 2.05) is 6.92 Å². The number of nitrogens with one attached hydrogen (secondary N) is 2. The van der Waals surface area contributed by atoms with E-state index in [2.05, 4.69) is 17.6 Å². The molecule has 6 heteroatoms. The second-order valence-electron chi connectivity index (χ2n) is 8.91. The fraction of sp³-hybridized carbons (Fsp3) is 0.714. The predicted octanol–water partition coefficient (Wildman–Crippen LogP) is 4.91. The van der Waals surface area contributed by atoms with Gasteiger partial charge in [-0.1, -0.05) is 6.92 Å². The lowest BCUT2D eigenvalue weighted by atomic mass is 9.49. The number of ether oxygens (including phenoxy) is 1. The summed E-state index contributed by atoms with van der Waals surface area (Å²) in [4.78, 5) is 13.4. The van der Waals surface area contributed by atoms with Crippen molar-refractivity contribution in [2.45, 2.75) is 58.8 Å². The molecule has 4 aliphatic rings. The Kier molecular flexibility index (Phi) is 5.23. The van der Waals surface area contributed by atoms with Crippen LogP contribution in [-0.2, 0) is 11.2 Å². The zero-order valence-electron chi connectivity index (χ0n) is 16.5. The van der Waals surface area contributed by atoms with E-state index < -0.39 is 0 Å². The highest BCUT2D eigenvalue weighted by Gasteiger charge is 2.50. The maximum absolute atomic E-state index is 12.3. The average Bonchev–Trinajstić information content (AvgIpc) is 2.93. The van der Waals surface area contributed by atoms with Gasteiger partial charge in [-0.25, -0.2) is 4.79 Å². The molecular formula is C21H30N2O2S2. The van der Waals surface area contributed by atoms with Crippen LogP contribution in [0, 0.1) is 30.1 Å². The van der Waals surface area contributed by atoms with Crippen molar-refractivity contribution in [2.75, 3.05) is 19.0 Å². The van der Waals surface area contributed by atoms with Gasteiger partial charge in [-0.2, -0.15) is 0 Å². The molecule has 0 atom stereocenters. The van der Waals surface area contributed by atoms with E-state index in [-0.39, 0.29) is 5.97 Å². The van der Waals surface area contributed by atoms with Gasteiger partial charge in [0.1, 0.15) is 5.00 Å². The van der Waals surface area contributed by atoms with Crippen LogP contribution < -0.4 is 10.6 Å². The molecular weight excluding hydrogens is 376 g/mol. The molecule has 0 aliphatic heterocycles. The Morgan fingerprint density at radius 2 is 1.81 bits per heavy atom. The van der Waals surface area contributed by atoms with Crippen LogP contribution in [-0.4, -0.2) is 24.7 Å². The van der Waals surface area contributed by atoms with Gasteiger partial charge in [0.2, 0.25) is 0 Å². The van der Waals surface area contributed by atoms with Gasteiger partial charge in [0, 0.05) is 11.4 Å². The number of rotatable bonds is 5. The summed E-state index contributed by atoms with van der Waals surface area (Å²) in [5.41, 5.74) is 2.13. The molecule has 1 heterocycles. The molecule has 0 unspecified atom stereocenters. The molecule has 4 bridgehead atoms. The average molecular weight is 407 g/mol. The third-order valence-corrected chi connectivity index (χ3v) is 8.28. The lowest BCUT2D eigenvalue weighted by Crippen LogP contribution is -2.51. The van der Waals surface area contributed by atoms with Crippen molar-refractivity contribution in [3.63, 3.8) is 0 Å². The monoisotopic (exact) mass is 406 g/mol. The van der Waals surface area contributed by atoms with Crippen LogP contribution in [0.3, 0.4) is 0 Å². The minimum Gasteiger partial charge on any atom is -0.465 e. The van der Waals surface area contributed by atoms with Crippen molar-refractivity contribution in [3.8, 4) is 0 Å². The summed E-state index contributed by atoms with van der Waals surface area (Å²) in [6.45, 7) is 5.07. The van der Waals surface area contributed by atoms with E-state index in [1.165, 1.54) is 45.6 Å². The van der Waals surface area contributed by atoms with Gasteiger partial charge in [-0.05, 0) is 92.8 Å². The first kappa shape index (κ1) is 19.2. The summed E-state index contributed by atoms with van der Waals surface area (Å²) in [6.07, 6.45) is 9.26. The number of carbonyl (C=O) groups excluding carboxylic acids is 1. The molecule has 0 radical (unpaired) electrons. The van der Waals surface area contributed by atoms with E-state index >= 15 is 0 Å². The fourth-order valence-corrected chi connectivity index (χ4v) is 7.71. The Morgan fingerprint density at radius 3 is 2.33 bits per heavy atom. The van der Waals surface area contributed by atoms with Crippen molar-refractivity contribution in [2.24, 2.45) is 23.2 Å². The summed E-state index contributed by atoms with van der Waals surface area (Å²) >= 11 is 7.18. The van der Waals surface area contributed by atoms with Crippen LogP contribution in [0.1, 0.15) is 66.2 Å². The van der Waals surface area contributed by atoms with Gasteiger partial charge in [0.25, 0.3) is 0 Å². The van der Waals surface area contributed by atoms with Crippen molar-refractivity contribution < 1.29 is 9.53 Å². The highest BCUT2D eigenvalue weighted by atomic mass is 32.1. The molecule has 148 valence electrons.